The first-order valence-corrected chi connectivity index (χ1v) is 7.42. The molecule has 1 amide bonds. The highest BCUT2D eigenvalue weighted by Crippen LogP contribution is 2.14. The minimum Gasteiger partial charge on any atom is -0.353 e. The van der Waals surface area contributed by atoms with Crippen LogP contribution >= 0.6 is 11.8 Å². The second-order valence-corrected chi connectivity index (χ2v) is 5.49. The lowest BCUT2D eigenvalue weighted by molar-refractivity contribution is -0.123. The molecule has 0 fully saturated rings. The molecule has 1 atom stereocenters. The Morgan fingerprint density at radius 1 is 1.22 bits per heavy atom. The van der Waals surface area contributed by atoms with Crippen molar-refractivity contribution in [3.8, 4) is 0 Å². The smallest absolute Gasteiger partial charge is 0.237 e. The van der Waals surface area contributed by atoms with E-state index >= 15 is 0 Å². The van der Waals surface area contributed by atoms with E-state index in [1.165, 1.54) is 10.5 Å². The lowest BCUT2D eigenvalue weighted by Gasteiger charge is -2.16. The third kappa shape index (κ3) is 5.10. The quantitative estimate of drug-likeness (QED) is 0.777. The predicted molar refractivity (Wildman–Crippen MR) is 77.8 cm³/mol. The van der Waals surface area contributed by atoms with Gasteiger partial charge < -0.3 is 10.6 Å². The zero-order valence-corrected chi connectivity index (χ0v) is 12.3. The molecule has 2 N–H and O–H groups in total. The summed E-state index contributed by atoms with van der Waals surface area (Å²) in [5.41, 5.74) is 1.19. The molecule has 0 heterocycles. The van der Waals surface area contributed by atoms with E-state index in [9.17, 15) is 4.79 Å². The molecular formula is C14H22N2OS. The maximum atomic E-state index is 11.7. The molecule has 0 aliphatic rings. The van der Waals surface area contributed by atoms with Crippen LogP contribution in [0.4, 0.5) is 0 Å². The molecule has 3 nitrogen and oxygen atoms in total. The summed E-state index contributed by atoms with van der Waals surface area (Å²) in [4.78, 5) is 13.0. The first kappa shape index (κ1) is 15.1. The monoisotopic (exact) mass is 266 g/mol. The van der Waals surface area contributed by atoms with E-state index in [2.05, 4.69) is 41.2 Å². The molecule has 0 spiro atoms. The second-order valence-electron chi connectivity index (χ2n) is 4.61. The van der Waals surface area contributed by atoms with Crippen LogP contribution in [0.2, 0.25) is 0 Å². The van der Waals surface area contributed by atoms with Crippen LogP contribution in [0, 0.1) is 0 Å². The Morgan fingerprint density at radius 3 is 2.33 bits per heavy atom. The number of benzene rings is 1. The van der Waals surface area contributed by atoms with Gasteiger partial charge in [0.1, 0.15) is 0 Å². The summed E-state index contributed by atoms with van der Waals surface area (Å²) in [7, 11) is 0. The van der Waals surface area contributed by atoms with Crippen LogP contribution in [0.1, 0.15) is 26.3 Å². The zero-order valence-electron chi connectivity index (χ0n) is 11.5. The molecule has 1 rings (SSSR count). The summed E-state index contributed by atoms with van der Waals surface area (Å²) in [6.45, 7) is 6.52. The van der Waals surface area contributed by atoms with Gasteiger partial charge in [0.25, 0.3) is 0 Å². The normalized spacial score (nSPS) is 12.5. The van der Waals surface area contributed by atoms with Gasteiger partial charge in [0.15, 0.2) is 0 Å². The maximum Gasteiger partial charge on any atom is 0.237 e. The van der Waals surface area contributed by atoms with Crippen molar-refractivity contribution < 1.29 is 4.79 Å². The van der Waals surface area contributed by atoms with Crippen LogP contribution in [0.15, 0.2) is 29.2 Å². The van der Waals surface area contributed by atoms with Crippen molar-refractivity contribution >= 4 is 17.7 Å². The van der Waals surface area contributed by atoms with Crippen molar-refractivity contribution in [2.45, 2.75) is 44.3 Å². The Balaban J connectivity index is 2.41. The first-order chi connectivity index (χ1) is 8.52. The Labute approximate surface area is 114 Å². The summed E-state index contributed by atoms with van der Waals surface area (Å²) in [5.74, 6) is 0.0470. The maximum absolute atomic E-state index is 11.7. The Kier molecular flexibility index (Phi) is 6.22. The van der Waals surface area contributed by atoms with Crippen molar-refractivity contribution in [3.05, 3.63) is 29.8 Å². The fourth-order valence-corrected chi connectivity index (χ4v) is 1.92. The Bertz CT molecular complexity index is 376. The number of amides is 1. The van der Waals surface area contributed by atoms with Crippen molar-refractivity contribution in [2.75, 3.05) is 6.26 Å². The van der Waals surface area contributed by atoms with Gasteiger partial charge in [-0.3, -0.25) is 4.79 Å². The van der Waals surface area contributed by atoms with Crippen LogP contribution in [-0.4, -0.2) is 24.2 Å². The predicted octanol–water partition coefficient (Wildman–Crippen LogP) is 2.41. The second kappa shape index (κ2) is 7.44. The summed E-state index contributed by atoms with van der Waals surface area (Å²) < 4.78 is 0. The molecule has 0 saturated carbocycles. The summed E-state index contributed by atoms with van der Waals surface area (Å²) in [6, 6.07) is 8.38. The van der Waals surface area contributed by atoms with E-state index in [1.54, 1.807) is 11.8 Å². The zero-order chi connectivity index (χ0) is 13.5. The number of carbonyl (C=O) groups is 1. The fourth-order valence-electron chi connectivity index (χ4n) is 1.52. The number of rotatable bonds is 6. The molecule has 0 radical (unpaired) electrons. The third-order valence-electron chi connectivity index (χ3n) is 2.60. The summed E-state index contributed by atoms with van der Waals surface area (Å²) in [6.07, 6.45) is 2.06. The molecular weight excluding hydrogens is 244 g/mol. The number of hydrogen-bond acceptors (Lipinski definition) is 3. The minimum atomic E-state index is -0.173. The molecule has 4 heteroatoms. The van der Waals surface area contributed by atoms with Gasteiger partial charge in [-0.05, 0) is 44.7 Å². The van der Waals surface area contributed by atoms with Crippen LogP contribution in [0.25, 0.3) is 0 Å². The SMILES string of the molecule is CSc1ccc(CNC(C)C(=O)NC(C)C)cc1. The van der Waals surface area contributed by atoms with Gasteiger partial charge in [-0.25, -0.2) is 0 Å². The summed E-state index contributed by atoms with van der Waals surface area (Å²) in [5, 5.41) is 6.11. The molecule has 1 aromatic rings. The highest BCUT2D eigenvalue weighted by atomic mass is 32.2. The fraction of sp³-hybridized carbons (Fsp3) is 0.500. The molecule has 100 valence electrons. The molecule has 18 heavy (non-hydrogen) atoms. The largest absolute Gasteiger partial charge is 0.353 e. The first-order valence-electron chi connectivity index (χ1n) is 6.19. The molecule has 0 bridgehead atoms. The van der Waals surface area contributed by atoms with E-state index in [0.717, 1.165) is 0 Å². The minimum absolute atomic E-state index is 0.0470. The lowest BCUT2D eigenvalue weighted by Crippen LogP contribution is -2.44. The highest BCUT2D eigenvalue weighted by molar-refractivity contribution is 7.98. The van der Waals surface area contributed by atoms with Gasteiger partial charge in [-0.2, -0.15) is 0 Å². The van der Waals surface area contributed by atoms with E-state index in [4.69, 9.17) is 0 Å². The average molecular weight is 266 g/mol. The summed E-state index contributed by atoms with van der Waals surface area (Å²) >= 11 is 1.73. The van der Waals surface area contributed by atoms with Crippen molar-refractivity contribution in [3.63, 3.8) is 0 Å². The van der Waals surface area contributed by atoms with Crippen molar-refractivity contribution in [1.29, 1.82) is 0 Å². The van der Waals surface area contributed by atoms with Crippen LogP contribution in [0.5, 0.6) is 0 Å². The Hall–Kier alpha value is -1.00. The van der Waals surface area contributed by atoms with E-state index in [0.29, 0.717) is 6.54 Å². The molecule has 1 aromatic carbocycles. The lowest BCUT2D eigenvalue weighted by atomic mass is 10.2. The van der Waals surface area contributed by atoms with Gasteiger partial charge in [-0.15, -0.1) is 11.8 Å². The van der Waals surface area contributed by atoms with Crippen molar-refractivity contribution in [1.82, 2.24) is 10.6 Å². The molecule has 0 aliphatic heterocycles. The number of thioether (sulfide) groups is 1. The van der Waals surface area contributed by atoms with Crippen LogP contribution < -0.4 is 10.6 Å². The average Bonchev–Trinajstić information content (AvgIpc) is 2.35. The van der Waals surface area contributed by atoms with Gasteiger partial charge in [0.05, 0.1) is 6.04 Å². The number of carbonyl (C=O) groups excluding carboxylic acids is 1. The van der Waals surface area contributed by atoms with Gasteiger partial charge in [0, 0.05) is 17.5 Å². The Morgan fingerprint density at radius 2 is 1.83 bits per heavy atom. The van der Waals surface area contributed by atoms with Gasteiger partial charge in [-0.1, -0.05) is 12.1 Å². The standard InChI is InChI=1S/C14H22N2OS/c1-10(2)16-14(17)11(3)15-9-12-5-7-13(18-4)8-6-12/h5-8,10-11,15H,9H2,1-4H3,(H,16,17). The molecule has 0 aromatic heterocycles. The third-order valence-corrected chi connectivity index (χ3v) is 3.34. The number of nitrogens with one attached hydrogen (secondary N) is 2. The molecule has 0 saturated heterocycles. The van der Waals surface area contributed by atoms with E-state index in [-0.39, 0.29) is 18.0 Å². The number of hydrogen-bond donors (Lipinski definition) is 2. The van der Waals surface area contributed by atoms with Crippen LogP contribution in [-0.2, 0) is 11.3 Å². The van der Waals surface area contributed by atoms with Gasteiger partial charge in [0.2, 0.25) is 5.91 Å². The highest BCUT2D eigenvalue weighted by Gasteiger charge is 2.12. The van der Waals surface area contributed by atoms with Gasteiger partial charge >= 0.3 is 0 Å². The topological polar surface area (TPSA) is 41.1 Å². The van der Waals surface area contributed by atoms with Crippen molar-refractivity contribution in [2.24, 2.45) is 0 Å². The van der Waals surface area contributed by atoms with Crippen LogP contribution in [0.3, 0.4) is 0 Å². The molecule has 1 unspecified atom stereocenters. The van der Waals surface area contributed by atoms with E-state index < -0.39 is 0 Å². The van der Waals surface area contributed by atoms with E-state index in [1.807, 2.05) is 20.8 Å². The molecule has 0 aliphatic carbocycles.